The van der Waals surface area contributed by atoms with Gasteiger partial charge in [-0.3, -0.25) is 0 Å². The van der Waals surface area contributed by atoms with Crippen molar-refractivity contribution in [2.24, 2.45) is 11.8 Å². The molecule has 1 aromatic rings. The van der Waals surface area contributed by atoms with Crippen LogP contribution in [0, 0.1) is 17.7 Å². The van der Waals surface area contributed by atoms with Crippen molar-refractivity contribution in [2.75, 3.05) is 11.9 Å². The SMILES string of the molecule is CC1=CC(C)CC(CNc2cc(Cl)ccc2F)C1. The number of hydrogen-bond acceptors (Lipinski definition) is 1. The summed E-state index contributed by atoms with van der Waals surface area (Å²) in [5.41, 5.74) is 1.94. The molecule has 0 heterocycles. The molecule has 0 aromatic heterocycles. The summed E-state index contributed by atoms with van der Waals surface area (Å²) in [5, 5.41) is 3.74. The van der Waals surface area contributed by atoms with E-state index < -0.39 is 0 Å². The highest BCUT2D eigenvalue weighted by Crippen LogP contribution is 2.28. The summed E-state index contributed by atoms with van der Waals surface area (Å²) >= 11 is 5.87. The maximum atomic E-state index is 13.5. The van der Waals surface area contributed by atoms with Crippen molar-refractivity contribution in [3.63, 3.8) is 0 Å². The van der Waals surface area contributed by atoms with Gasteiger partial charge in [0.1, 0.15) is 5.82 Å². The minimum absolute atomic E-state index is 0.240. The molecule has 0 saturated carbocycles. The molecule has 3 heteroatoms. The van der Waals surface area contributed by atoms with E-state index in [9.17, 15) is 4.39 Å². The molecule has 1 aliphatic rings. The summed E-state index contributed by atoms with van der Waals surface area (Å²) in [7, 11) is 0. The Kier molecular flexibility index (Phi) is 4.28. The summed E-state index contributed by atoms with van der Waals surface area (Å²) in [6.45, 7) is 5.20. The second kappa shape index (κ2) is 5.75. The molecule has 1 N–H and O–H groups in total. The molecule has 2 atom stereocenters. The van der Waals surface area contributed by atoms with Gasteiger partial charge in [-0.15, -0.1) is 0 Å². The van der Waals surface area contributed by atoms with E-state index in [0.717, 1.165) is 19.4 Å². The van der Waals surface area contributed by atoms with Crippen LogP contribution in [-0.4, -0.2) is 6.54 Å². The van der Waals surface area contributed by atoms with Gasteiger partial charge in [0.15, 0.2) is 0 Å². The third-order valence-corrected chi connectivity index (χ3v) is 3.63. The van der Waals surface area contributed by atoms with E-state index in [-0.39, 0.29) is 5.82 Å². The molecule has 2 unspecified atom stereocenters. The zero-order chi connectivity index (χ0) is 13.1. The first-order valence-corrected chi connectivity index (χ1v) is 6.78. The molecule has 0 fully saturated rings. The standard InChI is InChI=1S/C15H19ClFN/c1-10-5-11(2)7-12(6-10)9-18-15-8-13(16)3-4-14(15)17/h3-5,8,10,12,18H,6-7,9H2,1-2H3. The van der Waals surface area contributed by atoms with Gasteiger partial charge < -0.3 is 5.32 Å². The lowest BCUT2D eigenvalue weighted by molar-refractivity contribution is 0.420. The average molecular weight is 268 g/mol. The molecule has 18 heavy (non-hydrogen) atoms. The van der Waals surface area contributed by atoms with E-state index in [4.69, 9.17) is 11.6 Å². The summed E-state index contributed by atoms with van der Waals surface area (Å²) in [6, 6.07) is 4.61. The largest absolute Gasteiger partial charge is 0.382 e. The van der Waals surface area contributed by atoms with Gasteiger partial charge in [-0.2, -0.15) is 0 Å². The summed E-state index contributed by atoms with van der Waals surface area (Å²) in [5.74, 6) is 0.952. The maximum absolute atomic E-state index is 13.5. The van der Waals surface area contributed by atoms with Crippen molar-refractivity contribution in [3.05, 3.63) is 40.7 Å². The molecule has 0 bridgehead atoms. The summed E-state index contributed by atoms with van der Waals surface area (Å²) in [6.07, 6.45) is 4.59. The normalized spacial score (nSPS) is 23.7. The van der Waals surface area contributed by atoms with Crippen molar-refractivity contribution in [3.8, 4) is 0 Å². The van der Waals surface area contributed by atoms with Gasteiger partial charge in [0, 0.05) is 11.6 Å². The number of anilines is 1. The fourth-order valence-corrected chi connectivity index (χ4v) is 2.90. The van der Waals surface area contributed by atoms with Crippen LogP contribution < -0.4 is 5.32 Å². The smallest absolute Gasteiger partial charge is 0.146 e. The van der Waals surface area contributed by atoms with E-state index in [1.54, 1.807) is 12.1 Å². The molecular weight excluding hydrogens is 249 g/mol. The van der Waals surface area contributed by atoms with E-state index in [2.05, 4.69) is 25.2 Å². The highest BCUT2D eigenvalue weighted by atomic mass is 35.5. The Morgan fingerprint density at radius 2 is 2.22 bits per heavy atom. The predicted molar refractivity (Wildman–Crippen MR) is 75.5 cm³/mol. The Labute approximate surface area is 113 Å². The van der Waals surface area contributed by atoms with E-state index >= 15 is 0 Å². The summed E-state index contributed by atoms with van der Waals surface area (Å²) in [4.78, 5) is 0. The van der Waals surface area contributed by atoms with Crippen molar-refractivity contribution in [2.45, 2.75) is 26.7 Å². The molecule has 1 aliphatic carbocycles. The van der Waals surface area contributed by atoms with E-state index in [1.807, 2.05) is 0 Å². The van der Waals surface area contributed by atoms with Gasteiger partial charge >= 0.3 is 0 Å². The Morgan fingerprint density at radius 3 is 2.94 bits per heavy atom. The van der Waals surface area contributed by atoms with Crippen LogP contribution in [-0.2, 0) is 0 Å². The minimum Gasteiger partial charge on any atom is -0.382 e. The van der Waals surface area contributed by atoms with Crippen LogP contribution >= 0.6 is 11.6 Å². The van der Waals surface area contributed by atoms with Gasteiger partial charge in [-0.1, -0.05) is 30.2 Å². The Balaban J connectivity index is 1.96. The lowest BCUT2D eigenvalue weighted by Crippen LogP contribution is -2.20. The molecule has 1 nitrogen and oxygen atoms in total. The molecule has 0 aliphatic heterocycles. The van der Waals surface area contributed by atoms with Crippen LogP contribution in [0.4, 0.5) is 10.1 Å². The van der Waals surface area contributed by atoms with Gasteiger partial charge in [-0.25, -0.2) is 4.39 Å². The first kappa shape index (κ1) is 13.4. The van der Waals surface area contributed by atoms with Gasteiger partial charge in [0.2, 0.25) is 0 Å². The molecule has 2 rings (SSSR count). The Morgan fingerprint density at radius 1 is 1.44 bits per heavy atom. The Bertz CT molecular complexity index is 456. The number of allylic oxidation sites excluding steroid dienone is 2. The molecule has 1 aromatic carbocycles. The third kappa shape index (κ3) is 3.49. The van der Waals surface area contributed by atoms with Gasteiger partial charge in [0.25, 0.3) is 0 Å². The number of nitrogens with one attached hydrogen (secondary N) is 1. The monoisotopic (exact) mass is 267 g/mol. The zero-order valence-electron chi connectivity index (χ0n) is 10.8. The van der Waals surface area contributed by atoms with Crippen LogP contribution in [0.1, 0.15) is 26.7 Å². The van der Waals surface area contributed by atoms with Crippen molar-refractivity contribution < 1.29 is 4.39 Å². The summed E-state index contributed by atoms with van der Waals surface area (Å²) < 4.78 is 13.5. The second-order valence-electron chi connectivity index (χ2n) is 5.30. The van der Waals surface area contributed by atoms with Crippen LogP contribution in [0.3, 0.4) is 0 Å². The number of halogens is 2. The van der Waals surface area contributed by atoms with Crippen LogP contribution in [0.5, 0.6) is 0 Å². The molecule has 0 saturated heterocycles. The number of benzene rings is 1. The van der Waals surface area contributed by atoms with Crippen molar-refractivity contribution in [1.29, 1.82) is 0 Å². The fraction of sp³-hybridized carbons (Fsp3) is 0.467. The maximum Gasteiger partial charge on any atom is 0.146 e. The topological polar surface area (TPSA) is 12.0 Å². The lowest BCUT2D eigenvalue weighted by Gasteiger charge is -2.26. The predicted octanol–water partition coefficient (Wildman–Crippen LogP) is 4.88. The molecule has 0 spiro atoms. The number of hydrogen-bond donors (Lipinski definition) is 1. The second-order valence-corrected chi connectivity index (χ2v) is 5.74. The highest BCUT2D eigenvalue weighted by molar-refractivity contribution is 6.30. The number of rotatable bonds is 3. The van der Waals surface area contributed by atoms with Crippen molar-refractivity contribution >= 4 is 17.3 Å². The zero-order valence-corrected chi connectivity index (χ0v) is 11.6. The molecule has 98 valence electrons. The lowest BCUT2D eigenvalue weighted by atomic mass is 9.84. The first-order valence-electron chi connectivity index (χ1n) is 6.41. The quantitative estimate of drug-likeness (QED) is 0.770. The fourth-order valence-electron chi connectivity index (χ4n) is 2.73. The van der Waals surface area contributed by atoms with Gasteiger partial charge in [-0.05, 0) is 49.8 Å². The molecule has 0 amide bonds. The van der Waals surface area contributed by atoms with Crippen LogP contribution in [0.25, 0.3) is 0 Å². The molecular formula is C15H19ClFN. The van der Waals surface area contributed by atoms with E-state index in [1.165, 1.54) is 11.6 Å². The minimum atomic E-state index is -0.240. The van der Waals surface area contributed by atoms with Gasteiger partial charge in [0.05, 0.1) is 5.69 Å². The first-order chi connectivity index (χ1) is 8.54. The van der Waals surface area contributed by atoms with Crippen LogP contribution in [0.2, 0.25) is 5.02 Å². The average Bonchev–Trinajstić information content (AvgIpc) is 2.29. The van der Waals surface area contributed by atoms with E-state index in [0.29, 0.717) is 22.5 Å². The Hall–Kier alpha value is -1.02. The highest BCUT2D eigenvalue weighted by Gasteiger charge is 2.18. The third-order valence-electron chi connectivity index (χ3n) is 3.39. The van der Waals surface area contributed by atoms with Crippen LogP contribution in [0.15, 0.2) is 29.8 Å². The van der Waals surface area contributed by atoms with Crippen molar-refractivity contribution in [1.82, 2.24) is 0 Å². The molecule has 0 radical (unpaired) electrons.